The van der Waals surface area contributed by atoms with Crippen molar-refractivity contribution in [2.24, 2.45) is 0 Å². The zero-order valence-corrected chi connectivity index (χ0v) is 11.1. The summed E-state index contributed by atoms with van der Waals surface area (Å²) in [6, 6.07) is 6.93. The van der Waals surface area contributed by atoms with E-state index in [1.165, 1.54) is 18.4 Å². The number of carboxylic acids is 1. The molecule has 0 unspecified atom stereocenters. The minimum absolute atomic E-state index is 0.130. The van der Waals surface area contributed by atoms with Crippen LogP contribution in [0.1, 0.15) is 16.1 Å². The summed E-state index contributed by atoms with van der Waals surface area (Å²) in [4.78, 5) is 22.7. The average Bonchev–Trinajstić information content (AvgIpc) is 2.79. The first-order valence-electron chi connectivity index (χ1n) is 5.66. The van der Waals surface area contributed by atoms with E-state index in [4.69, 9.17) is 9.84 Å². The van der Waals surface area contributed by atoms with E-state index in [2.05, 4.69) is 5.32 Å². The molecule has 0 aliphatic rings. The number of ether oxygens (including phenoxy) is 1. The lowest BCUT2D eigenvalue weighted by molar-refractivity contribution is -0.117. The van der Waals surface area contributed by atoms with Crippen molar-refractivity contribution in [1.29, 1.82) is 0 Å². The van der Waals surface area contributed by atoms with Crippen LogP contribution in [0.25, 0.3) is 10.1 Å². The van der Waals surface area contributed by atoms with Gasteiger partial charge in [-0.25, -0.2) is 4.79 Å². The molecule has 6 heteroatoms. The minimum Gasteiger partial charge on any atom is -0.477 e. The van der Waals surface area contributed by atoms with Crippen LogP contribution in [-0.2, 0) is 9.53 Å². The van der Waals surface area contributed by atoms with Gasteiger partial charge in [0.25, 0.3) is 0 Å². The van der Waals surface area contributed by atoms with Crippen LogP contribution >= 0.6 is 11.3 Å². The highest BCUT2D eigenvalue weighted by molar-refractivity contribution is 7.20. The zero-order chi connectivity index (χ0) is 13.8. The maximum atomic E-state index is 11.5. The number of carbonyl (C=O) groups is 2. The molecule has 2 rings (SSSR count). The van der Waals surface area contributed by atoms with Crippen LogP contribution in [0.2, 0.25) is 0 Å². The topological polar surface area (TPSA) is 75.6 Å². The number of hydrogen-bond donors (Lipinski definition) is 2. The van der Waals surface area contributed by atoms with Gasteiger partial charge in [-0.15, -0.1) is 11.3 Å². The van der Waals surface area contributed by atoms with E-state index >= 15 is 0 Å². The van der Waals surface area contributed by atoms with E-state index < -0.39 is 5.97 Å². The molecule has 0 aliphatic heterocycles. The second-order valence-corrected chi connectivity index (χ2v) is 5.04. The van der Waals surface area contributed by atoms with Crippen LogP contribution in [0.15, 0.2) is 24.3 Å². The molecule has 1 aromatic heterocycles. The summed E-state index contributed by atoms with van der Waals surface area (Å²) in [5, 5.41) is 12.5. The first-order chi connectivity index (χ1) is 9.10. The Balaban J connectivity index is 2.17. The Hall–Kier alpha value is -1.92. The Morgan fingerprint density at radius 2 is 2.16 bits per heavy atom. The van der Waals surface area contributed by atoms with Crippen molar-refractivity contribution in [1.82, 2.24) is 0 Å². The quantitative estimate of drug-likeness (QED) is 0.882. The summed E-state index contributed by atoms with van der Waals surface area (Å²) in [6.45, 7) is 0.371. The average molecular weight is 279 g/mol. The van der Waals surface area contributed by atoms with E-state index in [-0.39, 0.29) is 10.8 Å². The highest BCUT2D eigenvalue weighted by atomic mass is 32.1. The summed E-state index contributed by atoms with van der Waals surface area (Å²) in [5.41, 5.74) is 0.656. The van der Waals surface area contributed by atoms with Gasteiger partial charge in [-0.3, -0.25) is 4.79 Å². The first-order valence-corrected chi connectivity index (χ1v) is 6.47. The molecule has 1 heterocycles. The predicted octanol–water partition coefficient (Wildman–Crippen LogP) is 2.57. The molecule has 0 bridgehead atoms. The lowest BCUT2D eigenvalue weighted by Gasteiger charge is -2.04. The summed E-state index contributed by atoms with van der Waals surface area (Å²) in [6.07, 6.45) is 0.290. The number of amides is 1. The molecule has 0 radical (unpaired) electrons. The standard InChI is InChI=1S/C13H13NO4S/c1-18-5-4-12(15)14-9-2-3-10-8(6-9)7-11(19-10)13(16)17/h2-3,6-7H,4-5H2,1H3,(H,14,15)(H,16,17). The minimum atomic E-state index is -0.938. The maximum Gasteiger partial charge on any atom is 0.345 e. The molecule has 100 valence electrons. The van der Waals surface area contributed by atoms with Gasteiger partial charge in [0, 0.05) is 17.5 Å². The highest BCUT2D eigenvalue weighted by Gasteiger charge is 2.09. The SMILES string of the molecule is COCCC(=O)Nc1ccc2sc(C(=O)O)cc2c1. The fourth-order valence-electron chi connectivity index (χ4n) is 1.64. The monoisotopic (exact) mass is 279 g/mol. The van der Waals surface area contributed by atoms with Crippen LogP contribution in [-0.4, -0.2) is 30.7 Å². The molecule has 0 fully saturated rings. The molecule has 5 nitrogen and oxygen atoms in total. The van der Waals surface area contributed by atoms with Crippen molar-refractivity contribution < 1.29 is 19.4 Å². The lowest BCUT2D eigenvalue weighted by Crippen LogP contribution is -2.13. The molecule has 2 aromatic rings. The van der Waals surface area contributed by atoms with Gasteiger partial charge in [0.2, 0.25) is 5.91 Å². The van der Waals surface area contributed by atoms with E-state index in [0.29, 0.717) is 18.7 Å². The molecular formula is C13H13NO4S. The maximum absolute atomic E-state index is 11.5. The Labute approximate surface area is 113 Å². The van der Waals surface area contributed by atoms with E-state index in [9.17, 15) is 9.59 Å². The number of carboxylic acid groups (broad SMARTS) is 1. The van der Waals surface area contributed by atoms with Crippen molar-refractivity contribution in [2.45, 2.75) is 6.42 Å². The van der Waals surface area contributed by atoms with Crippen LogP contribution in [0.4, 0.5) is 5.69 Å². The van der Waals surface area contributed by atoms with Gasteiger partial charge in [0.15, 0.2) is 0 Å². The summed E-state index contributed by atoms with van der Waals surface area (Å²) in [7, 11) is 1.54. The van der Waals surface area contributed by atoms with Gasteiger partial charge in [0.1, 0.15) is 4.88 Å². The van der Waals surface area contributed by atoms with E-state index in [1.807, 2.05) is 0 Å². The Kier molecular flexibility index (Phi) is 4.13. The molecule has 0 saturated carbocycles. The number of aromatic carboxylic acids is 1. The summed E-state index contributed by atoms with van der Waals surface area (Å²) < 4.78 is 5.71. The van der Waals surface area contributed by atoms with E-state index in [1.54, 1.807) is 24.3 Å². The molecule has 1 aromatic carbocycles. The molecule has 0 aliphatic carbocycles. The number of anilines is 1. The van der Waals surface area contributed by atoms with Crippen molar-refractivity contribution in [3.8, 4) is 0 Å². The number of rotatable bonds is 5. The number of fused-ring (bicyclic) bond motifs is 1. The number of nitrogens with one attached hydrogen (secondary N) is 1. The lowest BCUT2D eigenvalue weighted by atomic mass is 10.2. The number of carbonyl (C=O) groups excluding carboxylic acids is 1. The van der Waals surface area contributed by atoms with Gasteiger partial charge in [-0.1, -0.05) is 0 Å². The Bertz CT molecular complexity index is 620. The third-order valence-corrected chi connectivity index (χ3v) is 3.65. The number of thiophene rings is 1. The third-order valence-electron chi connectivity index (χ3n) is 2.54. The number of methoxy groups -OCH3 is 1. The largest absolute Gasteiger partial charge is 0.477 e. The molecule has 0 saturated heterocycles. The van der Waals surface area contributed by atoms with Gasteiger partial charge >= 0.3 is 5.97 Å². The second-order valence-electron chi connectivity index (χ2n) is 3.96. The fraction of sp³-hybridized carbons (Fsp3) is 0.231. The highest BCUT2D eigenvalue weighted by Crippen LogP contribution is 2.28. The Morgan fingerprint density at radius 1 is 1.37 bits per heavy atom. The van der Waals surface area contributed by atoms with Crippen molar-refractivity contribution >= 4 is 39.0 Å². The van der Waals surface area contributed by atoms with E-state index in [0.717, 1.165) is 10.1 Å². The molecule has 19 heavy (non-hydrogen) atoms. The van der Waals surface area contributed by atoms with Crippen LogP contribution in [0, 0.1) is 0 Å². The van der Waals surface area contributed by atoms with Crippen LogP contribution in [0.3, 0.4) is 0 Å². The van der Waals surface area contributed by atoms with Gasteiger partial charge in [-0.05, 0) is 29.7 Å². The van der Waals surface area contributed by atoms with Crippen molar-refractivity contribution in [3.05, 3.63) is 29.1 Å². The summed E-state index contributed by atoms with van der Waals surface area (Å²) >= 11 is 1.21. The Morgan fingerprint density at radius 3 is 2.84 bits per heavy atom. The number of hydrogen-bond acceptors (Lipinski definition) is 4. The fourth-order valence-corrected chi connectivity index (χ4v) is 2.53. The third kappa shape index (κ3) is 3.30. The number of benzene rings is 1. The van der Waals surface area contributed by atoms with Crippen LogP contribution in [0.5, 0.6) is 0 Å². The molecule has 1 amide bonds. The molecule has 0 spiro atoms. The van der Waals surface area contributed by atoms with Crippen LogP contribution < -0.4 is 5.32 Å². The normalized spacial score (nSPS) is 10.6. The van der Waals surface area contributed by atoms with Gasteiger partial charge in [0.05, 0.1) is 13.0 Å². The molecular weight excluding hydrogens is 266 g/mol. The molecule has 0 atom stereocenters. The summed E-state index contributed by atoms with van der Waals surface area (Å²) in [5.74, 6) is -1.07. The van der Waals surface area contributed by atoms with Gasteiger partial charge in [-0.2, -0.15) is 0 Å². The smallest absolute Gasteiger partial charge is 0.345 e. The predicted molar refractivity (Wildman–Crippen MR) is 73.9 cm³/mol. The van der Waals surface area contributed by atoms with Crippen molar-refractivity contribution in [3.63, 3.8) is 0 Å². The van der Waals surface area contributed by atoms with Gasteiger partial charge < -0.3 is 15.2 Å². The zero-order valence-electron chi connectivity index (χ0n) is 10.3. The molecule has 2 N–H and O–H groups in total. The second kappa shape index (κ2) is 5.81. The van der Waals surface area contributed by atoms with Crippen molar-refractivity contribution in [2.75, 3.05) is 19.0 Å². The first kappa shape index (κ1) is 13.5.